The predicted octanol–water partition coefficient (Wildman–Crippen LogP) is 0.263. The zero-order valence-electron chi connectivity index (χ0n) is 11.6. The Hall–Kier alpha value is -1.99. The topological polar surface area (TPSA) is 86.0 Å². The van der Waals surface area contributed by atoms with Gasteiger partial charge in [0, 0.05) is 19.2 Å². The zero-order chi connectivity index (χ0) is 14.5. The Morgan fingerprint density at radius 3 is 2.60 bits per heavy atom. The zero-order valence-corrected chi connectivity index (χ0v) is 11.6. The van der Waals surface area contributed by atoms with Crippen molar-refractivity contribution in [2.75, 3.05) is 46.3 Å². The van der Waals surface area contributed by atoms with E-state index in [0.717, 1.165) is 0 Å². The molecule has 20 heavy (non-hydrogen) atoms. The van der Waals surface area contributed by atoms with E-state index >= 15 is 0 Å². The minimum Gasteiger partial charge on any atom is -0.497 e. The van der Waals surface area contributed by atoms with Gasteiger partial charge in [-0.3, -0.25) is 10.2 Å². The number of hydrogen-bond acceptors (Lipinski definition) is 6. The van der Waals surface area contributed by atoms with Gasteiger partial charge in [0.1, 0.15) is 11.5 Å². The lowest BCUT2D eigenvalue weighted by Crippen LogP contribution is -2.48. The third kappa shape index (κ3) is 3.12. The van der Waals surface area contributed by atoms with Gasteiger partial charge in [-0.1, -0.05) is 0 Å². The largest absolute Gasteiger partial charge is 0.497 e. The number of benzene rings is 1. The molecule has 0 aromatic heterocycles. The van der Waals surface area contributed by atoms with Crippen LogP contribution in [0.5, 0.6) is 11.5 Å². The van der Waals surface area contributed by atoms with Crippen molar-refractivity contribution < 1.29 is 19.0 Å². The van der Waals surface area contributed by atoms with Crippen LogP contribution >= 0.6 is 0 Å². The fourth-order valence-corrected chi connectivity index (χ4v) is 1.95. The molecule has 0 aliphatic carbocycles. The Kier molecular flexibility index (Phi) is 4.65. The third-order valence-corrected chi connectivity index (χ3v) is 3.09. The summed E-state index contributed by atoms with van der Waals surface area (Å²) >= 11 is 0. The molecule has 1 aliphatic rings. The van der Waals surface area contributed by atoms with Gasteiger partial charge in [0.25, 0.3) is 5.91 Å². The number of nitrogens with two attached hydrogens (primary N) is 1. The van der Waals surface area contributed by atoms with Crippen molar-refractivity contribution in [1.82, 2.24) is 10.4 Å². The second-order valence-corrected chi connectivity index (χ2v) is 4.33. The van der Waals surface area contributed by atoms with E-state index < -0.39 is 0 Å². The van der Waals surface area contributed by atoms with Crippen LogP contribution in [0.15, 0.2) is 12.1 Å². The minimum atomic E-state index is -0.290. The van der Waals surface area contributed by atoms with Crippen LogP contribution in [0.1, 0.15) is 10.4 Å². The highest BCUT2D eigenvalue weighted by Crippen LogP contribution is 2.30. The van der Waals surface area contributed by atoms with Crippen molar-refractivity contribution in [3.05, 3.63) is 17.7 Å². The molecule has 0 saturated carbocycles. The molecule has 1 amide bonds. The summed E-state index contributed by atoms with van der Waals surface area (Å²) in [6.07, 6.45) is 0. The number of carbonyl (C=O) groups is 1. The number of hydrazine groups is 1. The molecule has 0 atom stereocenters. The Morgan fingerprint density at radius 1 is 1.30 bits per heavy atom. The monoisotopic (exact) mass is 281 g/mol. The van der Waals surface area contributed by atoms with E-state index in [0.29, 0.717) is 49.1 Å². The van der Waals surface area contributed by atoms with Crippen molar-refractivity contribution in [1.29, 1.82) is 0 Å². The number of nitrogens with one attached hydrogen (secondary N) is 1. The second kappa shape index (κ2) is 6.44. The highest BCUT2D eigenvalue weighted by atomic mass is 16.5. The standard InChI is InChI=1S/C13H19N3O4/c1-18-9-7-10(12(14)11(8-9)19-2)13(17)15-16-3-5-20-6-4-16/h7-8H,3-6,14H2,1-2H3,(H,15,17). The van der Waals surface area contributed by atoms with E-state index in [-0.39, 0.29) is 5.91 Å². The Morgan fingerprint density at radius 2 is 2.00 bits per heavy atom. The maximum atomic E-state index is 12.3. The highest BCUT2D eigenvalue weighted by molar-refractivity contribution is 6.00. The van der Waals surface area contributed by atoms with E-state index in [1.165, 1.54) is 14.2 Å². The molecule has 0 spiro atoms. The van der Waals surface area contributed by atoms with Crippen LogP contribution in [0.2, 0.25) is 0 Å². The third-order valence-electron chi connectivity index (χ3n) is 3.09. The van der Waals surface area contributed by atoms with Crippen molar-refractivity contribution in [3.8, 4) is 11.5 Å². The molecule has 3 N–H and O–H groups in total. The maximum Gasteiger partial charge on any atom is 0.267 e. The number of anilines is 1. The second-order valence-electron chi connectivity index (χ2n) is 4.33. The van der Waals surface area contributed by atoms with Gasteiger partial charge >= 0.3 is 0 Å². The van der Waals surface area contributed by atoms with Gasteiger partial charge < -0.3 is 19.9 Å². The van der Waals surface area contributed by atoms with E-state index in [1.54, 1.807) is 17.1 Å². The molecule has 1 aromatic carbocycles. The van der Waals surface area contributed by atoms with Crippen molar-refractivity contribution >= 4 is 11.6 Å². The molecule has 2 rings (SSSR count). The summed E-state index contributed by atoms with van der Waals surface area (Å²) in [7, 11) is 3.02. The minimum absolute atomic E-state index is 0.290. The number of nitrogens with zero attached hydrogens (tertiary/aromatic N) is 1. The number of carbonyl (C=O) groups excluding carboxylic acids is 1. The average molecular weight is 281 g/mol. The molecule has 1 aliphatic heterocycles. The fourth-order valence-electron chi connectivity index (χ4n) is 1.95. The Bertz CT molecular complexity index is 487. The van der Waals surface area contributed by atoms with E-state index in [1.807, 2.05) is 0 Å². The van der Waals surface area contributed by atoms with Gasteiger partial charge in [-0.05, 0) is 6.07 Å². The smallest absolute Gasteiger partial charge is 0.267 e. The number of rotatable bonds is 4. The summed E-state index contributed by atoms with van der Waals surface area (Å²) in [6.45, 7) is 2.48. The summed E-state index contributed by atoms with van der Waals surface area (Å²) in [4.78, 5) is 12.3. The molecule has 0 bridgehead atoms. The van der Waals surface area contributed by atoms with Crippen LogP contribution in [0, 0.1) is 0 Å². The number of hydrogen-bond donors (Lipinski definition) is 2. The summed E-state index contributed by atoms with van der Waals surface area (Å²) in [6, 6.07) is 3.23. The molecule has 7 nitrogen and oxygen atoms in total. The quantitative estimate of drug-likeness (QED) is 0.770. The van der Waals surface area contributed by atoms with E-state index in [9.17, 15) is 4.79 Å². The summed E-state index contributed by atoms with van der Waals surface area (Å²) in [5.74, 6) is 0.640. The first-order chi connectivity index (χ1) is 9.65. The van der Waals surface area contributed by atoms with Crippen LogP contribution in [-0.2, 0) is 4.74 Å². The van der Waals surface area contributed by atoms with E-state index in [4.69, 9.17) is 19.9 Å². The SMILES string of the molecule is COc1cc(OC)c(N)c(C(=O)NN2CCOCC2)c1. The number of morpholine rings is 1. The first-order valence-electron chi connectivity index (χ1n) is 6.31. The molecule has 1 heterocycles. The van der Waals surface area contributed by atoms with Gasteiger partial charge in [0.2, 0.25) is 0 Å². The lowest BCUT2D eigenvalue weighted by molar-refractivity contribution is 0.0126. The molecule has 1 fully saturated rings. The molecular formula is C13H19N3O4. The summed E-state index contributed by atoms with van der Waals surface area (Å²) < 4.78 is 15.5. The molecular weight excluding hydrogens is 262 g/mol. The van der Waals surface area contributed by atoms with Crippen LogP contribution in [0.3, 0.4) is 0 Å². The van der Waals surface area contributed by atoms with Crippen molar-refractivity contribution in [2.24, 2.45) is 0 Å². The molecule has 7 heteroatoms. The first kappa shape index (κ1) is 14.4. The Labute approximate surface area is 117 Å². The Balaban J connectivity index is 2.19. The molecule has 1 saturated heterocycles. The molecule has 1 aromatic rings. The normalized spacial score (nSPS) is 15.7. The number of nitrogen functional groups attached to an aromatic ring is 1. The lowest BCUT2D eigenvalue weighted by atomic mass is 10.1. The van der Waals surface area contributed by atoms with Crippen LogP contribution in [0.25, 0.3) is 0 Å². The fraction of sp³-hybridized carbons (Fsp3) is 0.462. The summed E-state index contributed by atoms with van der Waals surface area (Å²) in [5.41, 5.74) is 9.36. The van der Waals surface area contributed by atoms with Gasteiger partial charge in [-0.25, -0.2) is 5.01 Å². The van der Waals surface area contributed by atoms with Crippen LogP contribution < -0.4 is 20.6 Å². The van der Waals surface area contributed by atoms with E-state index in [2.05, 4.69) is 5.43 Å². The molecule has 0 radical (unpaired) electrons. The van der Waals surface area contributed by atoms with Gasteiger partial charge in [-0.2, -0.15) is 0 Å². The van der Waals surface area contributed by atoms with Crippen molar-refractivity contribution in [2.45, 2.75) is 0 Å². The average Bonchev–Trinajstić information content (AvgIpc) is 2.48. The predicted molar refractivity (Wildman–Crippen MR) is 73.8 cm³/mol. The number of methoxy groups -OCH3 is 2. The molecule has 110 valence electrons. The first-order valence-corrected chi connectivity index (χ1v) is 6.31. The van der Waals surface area contributed by atoms with Crippen LogP contribution in [-0.4, -0.2) is 51.4 Å². The lowest BCUT2D eigenvalue weighted by Gasteiger charge is -2.27. The highest BCUT2D eigenvalue weighted by Gasteiger charge is 2.19. The van der Waals surface area contributed by atoms with Crippen molar-refractivity contribution in [3.63, 3.8) is 0 Å². The van der Waals surface area contributed by atoms with Gasteiger partial charge in [-0.15, -0.1) is 0 Å². The van der Waals surface area contributed by atoms with Gasteiger partial charge in [0.05, 0.1) is 38.7 Å². The van der Waals surface area contributed by atoms with Crippen LogP contribution in [0.4, 0.5) is 5.69 Å². The summed E-state index contributed by atoms with van der Waals surface area (Å²) in [5, 5.41) is 1.80. The number of ether oxygens (including phenoxy) is 3. The molecule has 0 unspecified atom stereocenters. The van der Waals surface area contributed by atoms with Gasteiger partial charge in [0.15, 0.2) is 0 Å². The number of amides is 1. The maximum absolute atomic E-state index is 12.3.